The van der Waals surface area contributed by atoms with Crippen LogP contribution in [0.2, 0.25) is 0 Å². The fourth-order valence-electron chi connectivity index (χ4n) is 4.18. The topological polar surface area (TPSA) is 118 Å². The van der Waals surface area contributed by atoms with Crippen LogP contribution >= 0.6 is 0 Å². The molecule has 0 bridgehead atoms. The highest BCUT2D eigenvalue weighted by Gasteiger charge is 2.24. The van der Waals surface area contributed by atoms with Gasteiger partial charge < -0.3 is 24.3 Å². The highest BCUT2D eigenvalue weighted by atomic mass is 16.6. The highest BCUT2D eigenvalue weighted by molar-refractivity contribution is 5.96. The lowest BCUT2D eigenvalue weighted by atomic mass is 10.2. The number of fused-ring (bicyclic) bond motifs is 1. The number of benzene rings is 3. The summed E-state index contributed by atoms with van der Waals surface area (Å²) < 4.78 is 11.1. The normalized spacial score (nSPS) is 13.4. The van der Waals surface area contributed by atoms with Crippen LogP contribution in [-0.2, 0) is 4.79 Å². The third-order valence-electron chi connectivity index (χ3n) is 6.14. The van der Waals surface area contributed by atoms with Gasteiger partial charge in [-0.1, -0.05) is 18.2 Å². The minimum atomic E-state index is -0.498. The van der Waals surface area contributed by atoms with E-state index in [9.17, 15) is 19.7 Å². The van der Waals surface area contributed by atoms with Crippen LogP contribution in [0.3, 0.4) is 0 Å². The van der Waals surface area contributed by atoms with E-state index in [0.29, 0.717) is 49.0 Å². The molecule has 1 aliphatic heterocycles. The van der Waals surface area contributed by atoms with Crippen LogP contribution in [0.5, 0.6) is 5.75 Å². The lowest BCUT2D eigenvalue weighted by molar-refractivity contribution is -0.384. The molecule has 188 valence electrons. The van der Waals surface area contributed by atoms with Gasteiger partial charge in [0, 0.05) is 55.1 Å². The minimum Gasteiger partial charge on any atom is -0.484 e. The molecule has 0 saturated carbocycles. The van der Waals surface area contributed by atoms with Crippen molar-refractivity contribution in [2.45, 2.75) is 0 Å². The molecular weight excluding hydrogens is 476 g/mol. The number of rotatable bonds is 7. The van der Waals surface area contributed by atoms with Crippen LogP contribution < -0.4 is 15.0 Å². The molecule has 5 rings (SSSR count). The summed E-state index contributed by atoms with van der Waals surface area (Å²) in [7, 11) is 0. The van der Waals surface area contributed by atoms with Crippen molar-refractivity contribution in [3.05, 3.63) is 94.7 Å². The molecule has 1 fully saturated rings. The summed E-state index contributed by atoms with van der Waals surface area (Å²) in [5, 5.41) is 14.4. The van der Waals surface area contributed by atoms with Crippen LogP contribution in [0.25, 0.3) is 11.0 Å². The summed E-state index contributed by atoms with van der Waals surface area (Å²) in [5.41, 5.74) is 2.28. The quantitative estimate of drug-likeness (QED) is 0.297. The fourth-order valence-corrected chi connectivity index (χ4v) is 4.18. The van der Waals surface area contributed by atoms with E-state index in [-0.39, 0.29) is 24.1 Å². The van der Waals surface area contributed by atoms with E-state index in [0.717, 1.165) is 11.1 Å². The number of anilines is 2. The number of piperazine rings is 1. The molecule has 1 aromatic heterocycles. The van der Waals surface area contributed by atoms with Gasteiger partial charge in [0.2, 0.25) is 0 Å². The van der Waals surface area contributed by atoms with Crippen molar-refractivity contribution in [3.8, 4) is 5.75 Å². The largest absolute Gasteiger partial charge is 0.484 e. The number of non-ortho nitro benzene ring substituents is 1. The second kappa shape index (κ2) is 10.4. The van der Waals surface area contributed by atoms with E-state index in [1.54, 1.807) is 11.0 Å². The summed E-state index contributed by atoms with van der Waals surface area (Å²) in [6, 6.07) is 22.4. The Bertz CT molecular complexity index is 1390. The summed E-state index contributed by atoms with van der Waals surface area (Å²) in [4.78, 5) is 39.3. The summed E-state index contributed by atoms with van der Waals surface area (Å²) >= 11 is 0. The molecule has 1 saturated heterocycles. The third-order valence-corrected chi connectivity index (χ3v) is 6.14. The van der Waals surface area contributed by atoms with Gasteiger partial charge in [-0.05, 0) is 48.5 Å². The molecule has 0 radical (unpaired) electrons. The van der Waals surface area contributed by atoms with Crippen molar-refractivity contribution in [2.75, 3.05) is 43.0 Å². The smallest absolute Gasteiger partial charge is 0.289 e. The second-order valence-electron chi connectivity index (χ2n) is 8.56. The van der Waals surface area contributed by atoms with Crippen molar-refractivity contribution in [1.29, 1.82) is 0 Å². The summed E-state index contributed by atoms with van der Waals surface area (Å²) in [6.45, 7) is 2.30. The van der Waals surface area contributed by atoms with Gasteiger partial charge in [-0.2, -0.15) is 0 Å². The van der Waals surface area contributed by atoms with Crippen LogP contribution in [0, 0.1) is 10.1 Å². The Morgan fingerprint density at radius 2 is 1.65 bits per heavy atom. The van der Waals surface area contributed by atoms with Crippen LogP contribution in [-0.4, -0.2) is 54.4 Å². The number of nitrogens with one attached hydrogen (secondary N) is 1. The summed E-state index contributed by atoms with van der Waals surface area (Å²) in [5.74, 6) is 0.273. The van der Waals surface area contributed by atoms with Crippen molar-refractivity contribution >= 4 is 39.8 Å². The van der Waals surface area contributed by atoms with Gasteiger partial charge in [0.25, 0.3) is 17.5 Å². The fraction of sp³-hybridized carbons (Fsp3) is 0.185. The number of hydrogen-bond donors (Lipinski definition) is 1. The van der Waals surface area contributed by atoms with Gasteiger partial charge in [0.15, 0.2) is 12.4 Å². The number of para-hydroxylation sites is 1. The molecule has 10 nitrogen and oxygen atoms in total. The lowest BCUT2D eigenvalue weighted by Gasteiger charge is -2.35. The summed E-state index contributed by atoms with van der Waals surface area (Å²) in [6.07, 6.45) is 0. The molecule has 37 heavy (non-hydrogen) atoms. The zero-order valence-electron chi connectivity index (χ0n) is 19.8. The lowest BCUT2D eigenvalue weighted by Crippen LogP contribution is -2.48. The van der Waals surface area contributed by atoms with Crippen molar-refractivity contribution in [2.24, 2.45) is 0 Å². The van der Waals surface area contributed by atoms with Gasteiger partial charge in [-0.15, -0.1) is 0 Å². The third kappa shape index (κ3) is 5.53. The van der Waals surface area contributed by atoms with Crippen LogP contribution in [0.1, 0.15) is 10.6 Å². The van der Waals surface area contributed by atoms with Gasteiger partial charge in [-0.3, -0.25) is 19.7 Å². The number of ether oxygens (including phenoxy) is 1. The molecule has 10 heteroatoms. The Morgan fingerprint density at radius 1 is 0.946 bits per heavy atom. The van der Waals surface area contributed by atoms with Crippen molar-refractivity contribution < 1.29 is 23.7 Å². The average molecular weight is 501 g/mol. The maximum absolute atomic E-state index is 12.9. The van der Waals surface area contributed by atoms with Crippen LogP contribution in [0.15, 0.2) is 83.3 Å². The molecule has 3 aromatic carbocycles. The van der Waals surface area contributed by atoms with Gasteiger partial charge in [0.05, 0.1) is 4.92 Å². The zero-order chi connectivity index (χ0) is 25.8. The Kier molecular flexibility index (Phi) is 6.71. The van der Waals surface area contributed by atoms with E-state index in [1.807, 2.05) is 48.5 Å². The molecule has 4 aromatic rings. The number of furan rings is 1. The molecule has 0 unspecified atom stereocenters. The van der Waals surface area contributed by atoms with Crippen LogP contribution in [0.4, 0.5) is 17.1 Å². The van der Waals surface area contributed by atoms with E-state index < -0.39 is 4.92 Å². The Balaban J connectivity index is 1.10. The standard InChI is InChI=1S/C27H24N4O6/c32-26(18-36-23-11-9-22(10-12-23)31(34)35)28-20-5-7-21(8-6-20)29-13-15-30(16-14-29)27(33)25-17-19-3-1-2-4-24(19)37-25/h1-12,17H,13-16,18H2,(H,28,32). The highest BCUT2D eigenvalue weighted by Crippen LogP contribution is 2.23. The maximum atomic E-state index is 12.9. The number of carbonyl (C=O) groups is 2. The molecule has 2 amide bonds. The first-order valence-corrected chi connectivity index (χ1v) is 11.8. The second-order valence-corrected chi connectivity index (χ2v) is 8.56. The molecule has 1 N–H and O–H groups in total. The van der Waals surface area contributed by atoms with E-state index >= 15 is 0 Å². The van der Waals surface area contributed by atoms with E-state index in [1.165, 1.54) is 24.3 Å². The minimum absolute atomic E-state index is 0.0453. The Labute approximate surface area is 212 Å². The van der Waals surface area contributed by atoms with E-state index in [2.05, 4.69) is 10.2 Å². The number of nitrogens with zero attached hydrogens (tertiary/aromatic N) is 3. The number of carbonyl (C=O) groups excluding carboxylic acids is 2. The molecule has 1 aliphatic rings. The molecule has 0 spiro atoms. The predicted octanol–water partition coefficient (Wildman–Crippen LogP) is 4.32. The molecule has 0 aliphatic carbocycles. The number of amides is 2. The Hall–Kier alpha value is -4.86. The average Bonchev–Trinajstić information content (AvgIpc) is 3.37. The van der Waals surface area contributed by atoms with Gasteiger partial charge in [-0.25, -0.2) is 0 Å². The molecule has 2 heterocycles. The first kappa shape index (κ1) is 23.9. The molecular formula is C27H24N4O6. The zero-order valence-corrected chi connectivity index (χ0v) is 19.8. The number of nitro benzene ring substituents is 1. The first-order valence-electron chi connectivity index (χ1n) is 11.8. The first-order chi connectivity index (χ1) is 18.0. The van der Waals surface area contributed by atoms with Gasteiger partial charge in [0.1, 0.15) is 11.3 Å². The van der Waals surface area contributed by atoms with Crippen molar-refractivity contribution in [3.63, 3.8) is 0 Å². The SMILES string of the molecule is O=C(COc1ccc([N+](=O)[O-])cc1)Nc1ccc(N2CCN(C(=O)c3cc4ccccc4o3)CC2)cc1. The molecule has 0 atom stereocenters. The predicted molar refractivity (Wildman–Crippen MR) is 138 cm³/mol. The number of nitro groups is 1. The number of hydrogen-bond acceptors (Lipinski definition) is 7. The van der Waals surface area contributed by atoms with Gasteiger partial charge >= 0.3 is 0 Å². The Morgan fingerprint density at radius 3 is 2.32 bits per heavy atom. The monoisotopic (exact) mass is 500 g/mol. The maximum Gasteiger partial charge on any atom is 0.289 e. The van der Waals surface area contributed by atoms with E-state index in [4.69, 9.17) is 9.15 Å². The van der Waals surface area contributed by atoms with Crippen molar-refractivity contribution in [1.82, 2.24) is 4.90 Å².